The summed E-state index contributed by atoms with van der Waals surface area (Å²) in [6, 6.07) is 2.04. The number of carboxylic acid groups (broad SMARTS) is 1. The van der Waals surface area contributed by atoms with Crippen LogP contribution < -0.4 is 10.6 Å². The van der Waals surface area contributed by atoms with Crippen LogP contribution in [-0.2, 0) is 4.79 Å². The van der Waals surface area contributed by atoms with Crippen LogP contribution in [0.1, 0.15) is 37.0 Å². The van der Waals surface area contributed by atoms with Crippen molar-refractivity contribution in [2.24, 2.45) is 0 Å². The molecule has 3 amide bonds. The molecule has 0 unspecified atom stereocenters. The number of carbonyl (C=O) groups is 3. The normalized spacial score (nSPS) is 17.0. The number of carbonyl (C=O) groups excluding carboxylic acids is 2. The second-order valence-electron chi connectivity index (χ2n) is 5.94. The molecule has 0 bridgehead atoms. The summed E-state index contributed by atoms with van der Waals surface area (Å²) in [5.41, 5.74) is -0.344. The van der Waals surface area contributed by atoms with E-state index in [-0.39, 0.29) is 23.3 Å². The molecule has 0 aromatic heterocycles. The summed E-state index contributed by atoms with van der Waals surface area (Å²) < 4.78 is 13.8. The van der Waals surface area contributed by atoms with E-state index in [9.17, 15) is 18.8 Å². The lowest BCUT2D eigenvalue weighted by atomic mass is 10.1. The summed E-state index contributed by atoms with van der Waals surface area (Å²) in [7, 11) is 0. The smallest absolute Gasteiger partial charge is 0.335 e. The van der Waals surface area contributed by atoms with Crippen molar-refractivity contribution in [3.8, 4) is 0 Å². The maximum Gasteiger partial charge on any atom is 0.335 e. The fourth-order valence-electron chi connectivity index (χ4n) is 2.58. The van der Waals surface area contributed by atoms with Crippen LogP contribution >= 0.6 is 0 Å². The molecule has 1 heterocycles. The van der Waals surface area contributed by atoms with Crippen LogP contribution in [0.15, 0.2) is 18.2 Å². The molecule has 0 spiro atoms. The minimum atomic E-state index is -1.22. The van der Waals surface area contributed by atoms with Crippen molar-refractivity contribution in [2.45, 2.75) is 38.8 Å². The Hall–Kier alpha value is -2.64. The Balaban J connectivity index is 2.13. The average Bonchev–Trinajstić information content (AvgIpc) is 2.98. The van der Waals surface area contributed by atoms with Crippen LogP contribution in [0.25, 0.3) is 0 Å². The van der Waals surface area contributed by atoms with Crippen molar-refractivity contribution in [2.75, 3.05) is 11.9 Å². The van der Waals surface area contributed by atoms with Gasteiger partial charge in [0.15, 0.2) is 0 Å². The third-order valence-corrected chi connectivity index (χ3v) is 3.70. The highest BCUT2D eigenvalue weighted by molar-refractivity contribution is 5.98. The average molecular weight is 337 g/mol. The monoisotopic (exact) mass is 337 g/mol. The van der Waals surface area contributed by atoms with E-state index in [1.165, 1.54) is 4.90 Å². The predicted octanol–water partition coefficient (Wildman–Crippen LogP) is 2.04. The van der Waals surface area contributed by atoms with Crippen molar-refractivity contribution in [3.05, 3.63) is 29.6 Å². The third kappa shape index (κ3) is 4.01. The van der Waals surface area contributed by atoms with Gasteiger partial charge in [-0.1, -0.05) is 0 Å². The molecule has 130 valence electrons. The molecule has 1 atom stereocenters. The number of nitrogens with zero attached hydrogens (tertiary/aromatic N) is 1. The predicted molar refractivity (Wildman–Crippen MR) is 85.4 cm³/mol. The Labute approximate surface area is 138 Å². The van der Waals surface area contributed by atoms with Gasteiger partial charge >= 0.3 is 12.0 Å². The number of urea groups is 1. The minimum Gasteiger partial charge on any atom is -0.478 e. The van der Waals surface area contributed by atoms with Gasteiger partial charge in [-0.05, 0) is 44.9 Å². The quantitative estimate of drug-likeness (QED) is 0.783. The van der Waals surface area contributed by atoms with E-state index < -0.39 is 23.7 Å². The fourth-order valence-corrected chi connectivity index (χ4v) is 2.58. The van der Waals surface area contributed by atoms with Crippen molar-refractivity contribution in [3.63, 3.8) is 0 Å². The topological polar surface area (TPSA) is 98.7 Å². The molecule has 1 fully saturated rings. The molecule has 1 aliphatic heterocycles. The number of anilines is 1. The SMILES string of the molecule is CC(C)NC(=O)N1CCC[C@H]1C(=O)Nc1cc(C(=O)O)ccc1F. The Morgan fingerprint density at radius 2 is 2.04 bits per heavy atom. The highest BCUT2D eigenvalue weighted by atomic mass is 19.1. The number of hydrogen-bond donors (Lipinski definition) is 3. The number of nitrogens with one attached hydrogen (secondary N) is 2. The van der Waals surface area contributed by atoms with Crippen LogP contribution in [0.3, 0.4) is 0 Å². The van der Waals surface area contributed by atoms with Gasteiger partial charge in [0.05, 0.1) is 11.3 Å². The summed E-state index contributed by atoms with van der Waals surface area (Å²) in [4.78, 5) is 36.9. The zero-order chi connectivity index (χ0) is 17.9. The Kier molecular flexibility index (Phi) is 5.38. The maximum atomic E-state index is 13.8. The maximum absolute atomic E-state index is 13.8. The zero-order valence-corrected chi connectivity index (χ0v) is 13.5. The Bertz CT molecular complexity index is 663. The lowest BCUT2D eigenvalue weighted by molar-refractivity contribution is -0.119. The first kappa shape index (κ1) is 17.7. The van der Waals surface area contributed by atoms with Gasteiger partial charge in [0.2, 0.25) is 5.91 Å². The summed E-state index contributed by atoms with van der Waals surface area (Å²) in [6.45, 7) is 4.07. The van der Waals surface area contributed by atoms with Gasteiger partial charge in [0, 0.05) is 12.6 Å². The molecule has 0 radical (unpaired) electrons. The molecule has 1 aromatic carbocycles. The molecule has 7 nitrogen and oxygen atoms in total. The number of amides is 3. The van der Waals surface area contributed by atoms with Crippen molar-refractivity contribution in [1.82, 2.24) is 10.2 Å². The van der Waals surface area contributed by atoms with Gasteiger partial charge in [-0.3, -0.25) is 4.79 Å². The second kappa shape index (κ2) is 7.29. The highest BCUT2D eigenvalue weighted by Crippen LogP contribution is 2.21. The van der Waals surface area contributed by atoms with Crippen LogP contribution in [0.4, 0.5) is 14.9 Å². The first-order valence-electron chi connectivity index (χ1n) is 7.70. The summed E-state index contributed by atoms with van der Waals surface area (Å²) >= 11 is 0. The number of carboxylic acids is 1. The summed E-state index contributed by atoms with van der Waals surface area (Å²) in [5.74, 6) is -2.48. The standard InChI is InChI=1S/C16H20FN3O4/c1-9(2)18-16(24)20-7-3-4-13(20)14(21)19-12-8-10(15(22)23)5-6-11(12)17/h5-6,8-9,13H,3-4,7H2,1-2H3,(H,18,24)(H,19,21)(H,22,23)/t13-/m0/s1. The van der Waals surface area contributed by atoms with Crippen LogP contribution in [0.2, 0.25) is 0 Å². The lowest BCUT2D eigenvalue weighted by Crippen LogP contribution is -2.49. The Morgan fingerprint density at radius 3 is 2.67 bits per heavy atom. The van der Waals surface area contributed by atoms with E-state index in [1.807, 2.05) is 13.8 Å². The Morgan fingerprint density at radius 1 is 1.33 bits per heavy atom. The fraction of sp³-hybridized carbons (Fsp3) is 0.438. The van der Waals surface area contributed by atoms with Gasteiger partial charge < -0.3 is 20.6 Å². The molecule has 3 N–H and O–H groups in total. The van der Waals surface area contributed by atoms with E-state index >= 15 is 0 Å². The van der Waals surface area contributed by atoms with Crippen molar-refractivity contribution >= 4 is 23.6 Å². The largest absolute Gasteiger partial charge is 0.478 e. The van der Waals surface area contributed by atoms with Crippen LogP contribution in [0.5, 0.6) is 0 Å². The van der Waals surface area contributed by atoms with Gasteiger partial charge in [-0.15, -0.1) is 0 Å². The molecule has 0 aliphatic carbocycles. The number of benzene rings is 1. The zero-order valence-electron chi connectivity index (χ0n) is 13.5. The van der Waals surface area contributed by atoms with Crippen molar-refractivity contribution in [1.29, 1.82) is 0 Å². The number of aromatic carboxylic acids is 1. The number of hydrogen-bond acceptors (Lipinski definition) is 3. The first-order valence-corrected chi connectivity index (χ1v) is 7.70. The van der Waals surface area contributed by atoms with Gasteiger partial charge in [0.1, 0.15) is 11.9 Å². The number of likely N-dealkylation sites (tertiary alicyclic amines) is 1. The molecule has 0 saturated carbocycles. The molecule has 1 aromatic rings. The molecule has 1 aliphatic rings. The van der Waals surface area contributed by atoms with Crippen molar-refractivity contribution < 1.29 is 23.9 Å². The second-order valence-corrected chi connectivity index (χ2v) is 5.94. The van der Waals surface area contributed by atoms with Crippen LogP contribution in [0, 0.1) is 5.82 Å². The van der Waals surface area contributed by atoms with E-state index in [0.717, 1.165) is 18.2 Å². The molecule has 24 heavy (non-hydrogen) atoms. The third-order valence-electron chi connectivity index (χ3n) is 3.70. The van der Waals surface area contributed by atoms with E-state index in [2.05, 4.69) is 10.6 Å². The lowest BCUT2D eigenvalue weighted by Gasteiger charge is -2.25. The minimum absolute atomic E-state index is 0.0634. The van der Waals surface area contributed by atoms with E-state index in [4.69, 9.17) is 5.11 Å². The number of halogens is 1. The summed E-state index contributed by atoms with van der Waals surface area (Å²) in [6.07, 6.45) is 1.14. The molecule has 1 saturated heterocycles. The van der Waals surface area contributed by atoms with Crippen LogP contribution in [-0.4, -0.2) is 46.5 Å². The van der Waals surface area contributed by atoms with E-state index in [1.54, 1.807) is 0 Å². The van der Waals surface area contributed by atoms with Gasteiger partial charge in [-0.25, -0.2) is 14.0 Å². The highest BCUT2D eigenvalue weighted by Gasteiger charge is 2.34. The molecule has 2 rings (SSSR count). The number of rotatable bonds is 4. The van der Waals surface area contributed by atoms with E-state index in [0.29, 0.717) is 19.4 Å². The van der Waals surface area contributed by atoms with Gasteiger partial charge in [-0.2, -0.15) is 0 Å². The molecular weight excluding hydrogens is 317 g/mol. The van der Waals surface area contributed by atoms with Gasteiger partial charge in [0.25, 0.3) is 0 Å². The first-order chi connectivity index (χ1) is 11.3. The summed E-state index contributed by atoms with van der Waals surface area (Å²) in [5, 5.41) is 14.1. The molecular formula is C16H20FN3O4. The molecule has 8 heteroatoms.